The number of aliphatic hydroxyl groups excluding tert-OH is 1. The van der Waals surface area contributed by atoms with Crippen molar-refractivity contribution in [1.29, 1.82) is 0 Å². The second-order valence-electron chi connectivity index (χ2n) is 10.7. The Morgan fingerprint density at radius 3 is 2.63 bits per heavy atom. The van der Waals surface area contributed by atoms with E-state index in [0.717, 1.165) is 62.1 Å². The molecule has 3 fully saturated rings. The van der Waals surface area contributed by atoms with Gasteiger partial charge in [-0.25, -0.2) is 0 Å². The molecule has 35 heavy (non-hydrogen) atoms. The molecule has 4 heterocycles. The topological polar surface area (TPSA) is 103 Å². The van der Waals surface area contributed by atoms with E-state index in [0.29, 0.717) is 23.9 Å². The molecule has 1 unspecified atom stereocenters. The Balaban J connectivity index is 1.14. The van der Waals surface area contributed by atoms with Gasteiger partial charge in [-0.05, 0) is 86.0 Å². The van der Waals surface area contributed by atoms with E-state index in [9.17, 15) is 19.5 Å². The van der Waals surface area contributed by atoms with Crippen LogP contribution in [0.15, 0.2) is 36.5 Å². The molecule has 1 atom stereocenters. The summed E-state index contributed by atoms with van der Waals surface area (Å²) in [6, 6.07) is 9.31. The molecule has 3 amide bonds. The molecular formula is C27H30N4O4. The zero-order valence-corrected chi connectivity index (χ0v) is 19.7. The largest absolute Gasteiger partial charge is 0.393 e. The highest BCUT2D eigenvalue weighted by atomic mass is 16.3. The molecule has 1 saturated carbocycles. The van der Waals surface area contributed by atoms with Crippen LogP contribution in [0.25, 0.3) is 11.3 Å². The van der Waals surface area contributed by atoms with Crippen molar-refractivity contribution in [3.05, 3.63) is 53.2 Å². The van der Waals surface area contributed by atoms with Crippen LogP contribution in [0.1, 0.15) is 60.0 Å². The number of carbonyl (C=O) groups excluding carboxylic acids is 3. The predicted octanol–water partition coefficient (Wildman–Crippen LogP) is 2.25. The first kappa shape index (κ1) is 22.4. The number of fused-ring (bicyclic) bond motifs is 1. The van der Waals surface area contributed by atoms with Gasteiger partial charge in [-0.3, -0.25) is 29.6 Å². The summed E-state index contributed by atoms with van der Waals surface area (Å²) in [5.41, 5.74) is 4.90. The van der Waals surface area contributed by atoms with Crippen LogP contribution in [0, 0.1) is 5.41 Å². The van der Waals surface area contributed by atoms with E-state index in [2.05, 4.69) is 27.3 Å². The summed E-state index contributed by atoms with van der Waals surface area (Å²) in [5, 5.41) is 12.1. The van der Waals surface area contributed by atoms with Crippen molar-refractivity contribution in [3.8, 4) is 11.3 Å². The van der Waals surface area contributed by atoms with Crippen LogP contribution in [0.2, 0.25) is 0 Å². The molecule has 3 aliphatic heterocycles. The number of aromatic nitrogens is 1. The van der Waals surface area contributed by atoms with Crippen LogP contribution in [-0.2, 0) is 22.7 Å². The fraction of sp³-hybridized carbons (Fsp3) is 0.481. The lowest BCUT2D eigenvalue weighted by atomic mass is 9.61. The smallest absolute Gasteiger partial charge is 0.255 e. The average molecular weight is 475 g/mol. The zero-order chi connectivity index (χ0) is 24.2. The number of carbonyl (C=O) groups is 3. The van der Waals surface area contributed by atoms with Crippen molar-refractivity contribution in [2.45, 2.75) is 63.8 Å². The fourth-order valence-corrected chi connectivity index (χ4v) is 6.26. The first-order valence-corrected chi connectivity index (χ1v) is 12.5. The summed E-state index contributed by atoms with van der Waals surface area (Å²) < 4.78 is 0. The third-order valence-electron chi connectivity index (χ3n) is 8.30. The van der Waals surface area contributed by atoms with Gasteiger partial charge in [0.25, 0.3) is 5.91 Å². The Labute approximate surface area is 204 Å². The minimum atomic E-state index is -0.607. The van der Waals surface area contributed by atoms with E-state index >= 15 is 0 Å². The number of imide groups is 1. The number of aliphatic hydroxyl groups is 1. The Hall–Kier alpha value is -3.10. The van der Waals surface area contributed by atoms with Crippen LogP contribution in [0.5, 0.6) is 0 Å². The van der Waals surface area contributed by atoms with Crippen molar-refractivity contribution in [3.63, 3.8) is 0 Å². The van der Waals surface area contributed by atoms with Crippen LogP contribution in [0.3, 0.4) is 0 Å². The summed E-state index contributed by atoms with van der Waals surface area (Å²) in [7, 11) is 0. The molecule has 0 bridgehead atoms. The molecule has 1 spiro atoms. The Morgan fingerprint density at radius 1 is 1.09 bits per heavy atom. The number of benzene rings is 1. The lowest BCUT2D eigenvalue weighted by molar-refractivity contribution is -0.136. The first-order valence-electron chi connectivity index (χ1n) is 12.5. The highest BCUT2D eigenvalue weighted by molar-refractivity contribution is 6.05. The van der Waals surface area contributed by atoms with Crippen molar-refractivity contribution in [2.24, 2.45) is 5.41 Å². The lowest BCUT2D eigenvalue weighted by Gasteiger charge is -2.50. The molecule has 182 valence electrons. The van der Waals surface area contributed by atoms with Gasteiger partial charge >= 0.3 is 0 Å². The SMILES string of the molecule is O=C1CCC(N2Cc3cc(-c4cc(CN5CCC6(CC5)CC(O)C6)ccn4)ccc3C2=O)C(=O)N1. The summed E-state index contributed by atoms with van der Waals surface area (Å²) in [5.74, 6) is -0.840. The van der Waals surface area contributed by atoms with Gasteiger partial charge in [-0.2, -0.15) is 0 Å². The molecule has 8 nitrogen and oxygen atoms in total. The number of hydrogen-bond donors (Lipinski definition) is 2. The highest BCUT2D eigenvalue weighted by Crippen LogP contribution is 2.49. The second-order valence-corrected chi connectivity index (χ2v) is 10.7. The number of pyridine rings is 1. The summed E-state index contributed by atoms with van der Waals surface area (Å²) in [4.78, 5) is 45.4. The van der Waals surface area contributed by atoms with Crippen LogP contribution in [0.4, 0.5) is 0 Å². The van der Waals surface area contributed by atoms with E-state index in [1.807, 2.05) is 24.4 Å². The Kier molecular flexibility index (Phi) is 5.45. The molecule has 2 saturated heterocycles. The molecule has 4 aliphatic rings. The van der Waals surface area contributed by atoms with Crippen molar-refractivity contribution >= 4 is 17.7 Å². The number of likely N-dealkylation sites (tertiary alicyclic amines) is 1. The maximum atomic E-state index is 13.0. The third kappa shape index (κ3) is 4.15. The Bertz CT molecular complexity index is 1200. The van der Waals surface area contributed by atoms with E-state index in [4.69, 9.17) is 0 Å². The van der Waals surface area contributed by atoms with Crippen molar-refractivity contribution in [1.82, 2.24) is 20.1 Å². The van der Waals surface area contributed by atoms with Gasteiger partial charge in [0.2, 0.25) is 11.8 Å². The van der Waals surface area contributed by atoms with Gasteiger partial charge in [0.15, 0.2) is 0 Å². The molecule has 1 aromatic heterocycles. The van der Waals surface area contributed by atoms with Gasteiger partial charge in [0.1, 0.15) is 6.04 Å². The van der Waals surface area contributed by atoms with Crippen molar-refractivity contribution in [2.75, 3.05) is 13.1 Å². The number of nitrogens with one attached hydrogen (secondary N) is 1. The summed E-state index contributed by atoms with van der Waals surface area (Å²) in [6.07, 6.45) is 6.59. The maximum Gasteiger partial charge on any atom is 0.255 e. The van der Waals surface area contributed by atoms with Crippen LogP contribution >= 0.6 is 0 Å². The standard InChI is InChI=1S/C27H30N4O4/c32-20-13-27(14-20)6-9-30(10-7-27)15-17-5-8-28-22(11-17)18-1-2-21-19(12-18)16-31(26(21)35)23-3-4-24(33)29-25(23)34/h1-2,5,8,11-12,20,23,32H,3-4,6-7,9-10,13-16H2,(H,29,33,34). The first-order chi connectivity index (χ1) is 16.9. The van der Waals surface area contributed by atoms with Crippen molar-refractivity contribution < 1.29 is 19.5 Å². The van der Waals surface area contributed by atoms with Gasteiger partial charge in [0, 0.05) is 36.8 Å². The Morgan fingerprint density at radius 2 is 1.89 bits per heavy atom. The third-order valence-corrected chi connectivity index (χ3v) is 8.30. The fourth-order valence-electron chi connectivity index (χ4n) is 6.26. The minimum absolute atomic E-state index is 0.0944. The molecule has 1 aliphatic carbocycles. The van der Waals surface area contributed by atoms with E-state index in [1.165, 1.54) is 5.56 Å². The number of amides is 3. The second kappa shape index (κ2) is 8.53. The molecular weight excluding hydrogens is 444 g/mol. The maximum absolute atomic E-state index is 13.0. The van der Waals surface area contributed by atoms with Crippen LogP contribution in [-0.4, -0.2) is 62.8 Å². The quantitative estimate of drug-likeness (QED) is 0.659. The monoisotopic (exact) mass is 474 g/mol. The van der Waals surface area contributed by atoms with E-state index in [-0.39, 0.29) is 24.3 Å². The van der Waals surface area contributed by atoms with Gasteiger partial charge in [-0.15, -0.1) is 0 Å². The minimum Gasteiger partial charge on any atom is -0.393 e. The number of rotatable bonds is 4. The van der Waals surface area contributed by atoms with Gasteiger partial charge < -0.3 is 10.0 Å². The molecule has 2 N–H and O–H groups in total. The normalized spacial score (nSPS) is 24.4. The molecule has 8 heteroatoms. The molecule has 1 aromatic carbocycles. The zero-order valence-electron chi connectivity index (χ0n) is 19.7. The molecule has 2 aromatic rings. The number of piperidine rings is 2. The van der Waals surface area contributed by atoms with Gasteiger partial charge in [-0.1, -0.05) is 6.07 Å². The van der Waals surface area contributed by atoms with E-state index < -0.39 is 11.9 Å². The van der Waals surface area contributed by atoms with Crippen LogP contribution < -0.4 is 5.32 Å². The average Bonchev–Trinajstić information content (AvgIpc) is 3.15. The van der Waals surface area contributed by atoms with E-state index in [1.54, 1.807) is 4.90 Å². The summed E-state index contributed by atoms with van der Waals surface area (Å²) in [6.45, 7) is 3.35. The number of nitrogens with zero attached hydrogens (tertiary/aromatic N) is 3. The van der Waals surface area contributed by atoms with Gasteiger partial charge in [0.05, 0.1) is 11.8 Å². The predicted molar refractivity (Wildman–Crippen MR) is 128 cm³/mol. The lowest BCUT2D eigenvalue weighted by Crippen LogP contribution is -2.52. The highest BCUT2D eigenvalue weighted by Gasteiger charge is 2.45. The number of hydrogen-bond acceptors (Lipinski definition) is 6. The molecule has 6 rings (SSSR count). The molecule has 0 radical (unpaired) electrons. The summed E-state index contributed by atoms with van der Waals surface area (Å²) >= 11 is 0.